The number of hydrogen-bond donors (Lipinski definition) is 1. The predicted octanol–water partition coefficient (Wildman–Crippen LogP) is 2.84. The van der Waals surface area contributed by atoms with Crippen LogP contribution < -0.4 is 5.32 Å². The molecule has 0 bridgehead atoms. The molecular formula is C13H31NO2. The third-order valence-corrected chi connectivity index (χ3v) is 2.18. The quantitative estimate of drug-likeness (QED) is 0.699. The van der Waals surface area contributed by atoms with Gasteiger partial charge in [-0.1, -0.05) is 13.8 Å². The van der Waals surface area contributed by atoms with E-state index in [-0.39, 0.29) is 6.10 Å². The van der Waals surface area contributed by atoms with Crippen molar-refractivity contribution >= 4 is 0 Å². The van der Waals surface area contributed by atoms with Crippen molar-refractivity contribution < 1.29 is 9.47 Å². The van der Waals surface area contributed by atoms with Crippen LogP contribution in [-0.2, 0) is 9.47 Å². The van der Waals surface area contributed by atoms with Crippen LogP contribution in [0.25, 0.3) is 0 Å². The molecule has 0 aromatic rings. The second-order valence-electron chi connectivity index (χ2n) is 3.98. The van der Waals surface area contributed by atoms with E-state index in [0.717, 1.165) is 19.4 Å². The molecule has 0 spiro atoms. The minimum atomic E-state index is 0.274. The summed E-state index contributed by atoms with van der Waals surface area (Å²) in [5.74, 6) is 0. The molecule has 0 unspecified atom stereocenters. The minimum Gasteiger partial charge on any atom is -0.382 e. The molecule has 0 aliphatic carbocycles. The van der Waals surface area contributed by atoms with E-state index >= 15 is 0 Å². The van der Waals surface area contributed by atoms with Gasteiger partial charge in [0.2, 0.25) is 0 Å². The summed E-state index contributed by atoms with van der Waals surface area (Å²) in [5, 5.41) is 3.14. The van der Waals surface area contributed by atoms with Gasteiger partial charge in [0.15, 0.2) is 0 Å². The summed E-state index contributed by atoms with van der Waals surface area (Å²) >= 11 is 0. The highest BCUT2D eigenvalue weighted by Crippen LogP contribution is 2.11. The van der Waals surface area contributed by atoms with Crippen molar-refractivity contribution in [1.82, 2.24) is 5.32 Å². The molecule has 1 N–H and O–H groups in total. The van der Waals surface area contributed by atoms with Gasteiger partial charge in [0.1, 0.15) is 0 Å². The van der Waals surface area contributed by atoms with Crippen molar-refractivity contribution in [2.75, 3.05) is 20.7 Å². The molecule has 0 aromatic heterocycles. The van der Waals surface area contributed by atoms with Gasteiger partial charge in [-0.3, -0.25) is 0 Å². The van der Waals surface area contributed by atoms with Gasteiger partial charge in [-0.15, -0.1) is 0 Å². The number of ether oxygens (including phenoxy) is 2. The summed E-state index contributed by atoms with van der Waals surface area (Å²) < 4.78 is 11.0. The zero-order valence-corrected chi connectivity index (χ0v) is 12.2. The van der Waals surface area contributed by atoms with Crippen LogP contribution in [0.3, 0.4) is 0 Å². The smallest absolute Gasteiger partial charge is 0.0615 e. The van der Waals surface area contributed by atoms with Gasteiger partial charge in [0.05, 0.1) is 18.3 Å². The largest absolute Gasteiger partial charge is 0.382 e. The molecule has 2 atom stereocenters. The maximum atomic E-state index is 5.80. The van der Waals surface area contributed by atoms with Crippen molar-refractivity contribution in [2.24, 2.45) is 0 Å². The molecule has 3 heteroatoms. The van der Waals surface area contributed by atoms with E-state index in [1.165, 1.54) is 0 Å². The maximum Gasteiger partial charge on any atom is 0.0615 e. The monoisotopic (exact) mass is 233 g/mol. The van der Waals surface area contributed by atoms with E-state index in [2.05, 4.69) is 26.1 Å². The number of hydrogen-bond acceptors (Lipinski definition) is 3. The van der Waals surface area contributed by atoms with Gasteiger partial charge < -0.3 is 14.8 Å². The van der Waals surface area contributed by atoms with E-state index in [9.17, 15) is 0 Å². The third-order valence-electron chi connectivity index (χ3n) is 2.18. The standard InChI is InChI=1S/C11H25NO2.C2H6/c1-9(2)14-11(6-7-12-4)8-10(3)13-5;1-2/h9-12H,6-8H2,1-5H3;1-2H3/t10-,11-;/m0./s1. The zero-order valence-electron chi connectivity index (χ0n) is 12.2. The molecule has 0 saturated carbocycles. The summed E-state index contributed by atoms with van der Waals surface area (Å²) in [7, 11) is 3.71. The predicted molar refractivity (Wildman–Crippen MR) is 71.0 cm³/mol. The van der Waals surface area contributed by atoms with Gasteiger partial charge in [-0.05, 0) is 47.2 Å². The lowest BCUT2D eigenvalue weighted by atomic mass is 10.1. The zero-order chi connectivity index (χ0) is 13.0. The second kappa shape index (κ2) is 12.9. The Kier molecular flexibility index (Phi) is 14.8. The summed E-state index contributed by atoms with van der Waals surface area (Å²) in [5.41, 5.74) is 0. The second-order valence-corrected chi connectivity index (χ2v) is 3.98. The van der Waals surface area contributed by atoms with Crippen LogP contribution in [-0.4, -0.2) is 39.0 Å². The average Bonchev–Trinajstić information content (AvgIpc) is 2.27. The number of nitrogens with one attached hydrogen (secondary N) is 1. The molecule has 0 fully saturated rings. The normalized spacial score (nSPS) is 14.2. The summed E-state index contributed by atoms with van der Waals surface area (Å²) in [6.07, 6.45) is 2.88. The molecule has 0 saturated heterocycles. The third kappa shape index (κ3) is 12.0. The van der Waals surface area contributed by atoms with Crippen LogP contribution in [0.5, 0.6) is 0 Å². The van der Waals surface area contributed by atoms with Crippen molar-refractivity contribution in [2.45, 2.75) is 65.8 Å². The SMILES string of the molecule is CC.CNCC[C@@H](C[C@H](C)OC)OC(C)C. The molecule has 0 aromatic carbocycles. The van der Waals surface area contributed by atoms with E-state index in [1.54, 1.807) is 7.11 Å². The Bertz CT molecular complexity index is 129. The topological polar surface area (TPSA) is 30.5 Å². The molecule has 100 valence electrons. The lowest BCUT2D eigenvalue weighted by Gasteiger charge is -2.23. The van der Waals surface area contributed by atoms with Crippen molar-refractivity contribution in [3.05, 3.63) is 0 Å². The molecule has 0 aliphatic heterocycles. The fourth-order valence-electron chi connectivity index (χ4n) is 1.40. The molecule has 0 radical (unpaired) electrons. The Morgan fingerprint density at radius 1 is 1.12 bits per heavy atom. The number of rotatable bonds is 8. The van der Waals surface area contributed by atoms with E-state index in [0.29, 0.717) is 12.2 Å². The first-order valence-electron chi connectivity index (χ1n) is 6.43. The van der Waals surface area contributed by atoms with Crippen LogP contribution in [0.4, 0.5) is 0 Å². The highest BCUT2D eigenvalue weighted by atomic mass is 16.5. The van der Waals surface area contributed by atoms with Gasteiger partial charge in [0, 0.05) is 7.11 Å². The molecule has 0 heterocycles. The fraction of sp³-hybridized carbons (Fsp3) is 1.00. The first-order chi connectivity index (χ1) is 7.60. The average molecular weight is 233 g/mol. The summed E-state index contributed by atoms with van der Waals surface area (Å²) in [6, 6.07) is 0. The van der Waals surface area contributed by atoms with Crippen molar-refractivity contribution in [3.63, 3.8) is 0 Å². The van der Waals surface area contributed by atoms with Crippen LogP contribution in [0, 0.1) is 0 Å². The van der Waals surface area contributed by atoms with Gasteiger partial charge >= 0.3 is 0 Å². The Hall–Kier alpha value is -0.120. The molecular weight excluding hydrogens is 202 g/mol. The Balaban J connectivity index is 0. The molecule has 0 aliphatic rings. The molecule has 0 amide bonds. The van der Waals surface area contributed by atoms with E-state index in [1.807, 2.05) is 20.9 Å². The fourth-order valence-corrected chi connectivity index (χ4v) is 1.40. The molecule has 0 rings (SSSR count). The van der Waals surface area contributed by atoms with Crippen LogP contribution in [0.15, 0.2) is 0 Å². The van der Waals surface area contributed by atoms with Crippen molar-refractivity contribution in [3.8, 4) is 0 Å². The highest BCUT2D eigenvalue weighted by molar-refractivity contribution is 4.65. The summed E-state index contributed by atoms with van der Waals surface area (Å²) in [4.78, 5) is 0. The summed E-state index contributed by atoms with van der Waals surface area (Å²) in [6.45, 7) is 11.2. The number of methoxy groups -OCH3 is 1. The van der Waals surface area contributed by atoms with Gasteiger partial charge in [-0.25, -0.2) is 0 Å². The van der Waals surface area contributed by atoms with E-state index in [4.69, 9.17) is 9.47 Å². The lowest BCUT2D eigenvalue weighted by Crippen LogP contribution is -2.26. The van der Waals surface area contributed by atoms with Crippen LogP contribution in [0.1, 0.15) is 47.5 Å². The highest BCUT2D eigenvalue weighted by Gasteiger charge is 2.14. The van der Waals surface area contributed by atoms with Crippen LogP contribution in [0.2, 0.25) is 0 Å². The van der Waals surface area contributed by atoms with Crippen molar-refractivity contribution in [1.29, 1.82) is 0 Å². The molecule has 3 nitrogen and oxygen atoms in total. The van der Waals surface area contributed by atoms with Gasteiger partial charge in [0.25, 0.3) is 0 Å². The van der Waals surface area contributed by atoms with Crippen LogP contribution >= 0.6 is 0 Å². The first-order valence-corrected chi connectivity index (χ1v) is 6.43. The Morgan fingerprint density at radius 3 is 2.06 bits per heavy atom. The minimum absolute atomic E-state index is 0.274. The first kappa shape index (κ1) is 18.3. The van der Waals surface area contributed by atoms with Gasteiger partial charge in [-0.2, -0.15) is 0 Å². The molecule has 16 heavy (non-hydrogen) atoms. The Labute approximate surface area is 102 Å². The van der Waals surface area contributed by atoms with E-state index < -0.39 is 0 Å². The Morgan fingerprint density at radius 2 is 1.69 bits per heavy atom. The lowest BCUT2D eigenvalue weighted by molar-refractivity contribution is -0.0286. The maximum absolute atomic E-state index is 5.80.